The highest BCUT2D eigenvalue weighted by Gasteiger charge is 2.25. The number of hydrogen-bond donors (Lipinski definition) is 3. The Hall–Kier alpha value is -1.35. The zero-order chi connectivity index (χ0) is 19.7. The molecule has 1 fully saturated rings. The zero-order valence-corrected chi connectivity index (χ0v) is 18.0. The van der Waals surface area contributed by atoms with Gasteiger partial charge in [-0.3, -0.25) is 4.90 Å². The van der Waals surface area contributed by atoms with E-state index in [1.54, 1.807) is 7.11 Å². The van der Waals surface area contributed by atoms with Gasteiger partial charge in [-0.25, -0.2) is 4.99 Å². The number of nitrogens with one attached hydrogen (secondary N) is 2. The Bertz CT molecular complexity index is 619. The number of nitrogens with zero attached hydrogens (tertiary/aromatic N) is 2. The van der Waals surface area contributed by atoms with E-state index < -0.39 is 5.60 Å². The van der Waals surface area contributed by atoms with Crippen LogP contribution in [0.15, 0.2) is 27.7 Å². The lowest BCUT2D eigenvalue weighted by Crippen LogP contribution is -2.52. The van der Waals surface area contributed by atoms with Crippen LogP contribution >= 0.6 is 15.9 Å². The second-order valence-electron chi connectivity index (χ2n) is 6.89. The highest BCUT2D eigenvalue weighted by Crippen LogP contribution is 2.23. The van der Waals surface area contributed by atoms with Crippen molar-refractivity contribution in [1.82, 2.24) is 15.5 Å². The molecule has 1 unspecified atom stereocenters. The van der Waals surface area contributed by atoms with E-state index in [0.29, 0.717) is 25.6 Å². The third-order valence-corrected chi connectivity index (χ3v) is 4.79. The van der Waals surface area contributed by atoms with Gasteiger partial charge in [0.1, 0.15) is 5.75 Å². The van der Waals surface area contributed by atoms with Crippen LogP contribution in [0.25, 0.3) is 0 Å². The van der Waals surface area contributed by atoms with Crippen LogP contribution in [0.5, 0.6) is 5.75 Å². The largest absolute Gasteiger partial charge is 0.496 e. The van der Waals surface area contributed by atoms with Gasteiger partial charge in [0.2, 0.25) is 0 Å². The number of ether oxygens (including phenoxy) is 2. The van der Waals surface area contributed by atoms with Gasteiger partial charge in [-0.2, -0.15) is 0 Å². The Morgan fingerprint density at radius 3 is 2.78 bits per heavy atom. The summed E-state index contributed by atoms with van der Waals surface area (Å²) in [6.45, 7) is 9.24. The molecule has 0 radical (unpaired) electrons. The lowest BCUT2D eigenvalue weighted by Gasteiger charge is -2.34. The predicted octanol–water partition coefficient (Wildman–Crippen LogP) is 1.60. The maximum atomic E-state index is 10.7. The summed E-state index contributed by atoms with van der Waals surface area (Å²) < 4.78 is 11.8. The summed E-state index contributed by atoms with van der Waals surface area (Å²) in [5.74, 6) is 1.47. The normalized spacial score (nSPS) is 18.0. The van der Waals surface area contributed by atoms with Crippen molar-refractivity contribution in [2.45, 2.75) is 26.0 Å². The molecule has 1 heterocycles. The van der Waals surface area contributed by atoms with Crippen LogP contribution in [-0.4, -0.2) is 74.6 Å². The van der Waals surface area contributed by atoms with Gasteiger partial charge in [0.25, 0.3) is 0 Å². The zero-order valence-electron chi connectivity index (χ0n) is 16.4. The minimum Gasteiger partial charge on any atom is -0.496 e. The molecule has 0 aliphatic carbocycles. The molecule has 0 spiro atoms. The van der Waals surface area contributed by atoms with Crippen LogP contribution in [0.1, 0.15) is 19.4 Å². The van der Waals surface area contributed by atoms with Crippen LogP contribution in [0, 0.1) is 0 Å². The maximum Gasteiger partial charge on any atom is 0.191 e. The van der Waals surface area contributed by atoms with Crippen molar-refractivity contribution in [3.63, 3.8) is 0 Å². The highest BCUT2D eigenvalue weighted by atomic mass is 79.9. The maximum absolute atomic E-state index is 10.7. The standard InChI is InChI=1S/C19H31BrN4O3/c1-4-21-18(22-12-15-11-16(20)5-6-17(15)26-3)23-13-19(2,25)14-24-7-9-27-10-8-24/h5-6,11,25H,4,7-10,12-14H2,1-3H3,(H2,21,22,23). The number of morpholine rings is 1. The van der Waals surface area contributed by atoms with Crippen LogP contribution in [0.2, 0.25) is 0 Å². The first-order valence-corrected chi connectivity index (χ1v) is 10.1. The number of halogens is 1. The van der Waals surface area contributed by atoms with Gasteiger partial charge in [0, 0.05) is 42.8 Å². The van der Waals surface area contributed by atoms with Gasteiger partial charge in [-0.15, -0.1) is 0 Å². The molecule has 8 heteroatoms. The van der Waals surface area contributed by atoms with E-state index in [-0.39, 0.29) is 0 Å². The lowest BCUT2D eigenvalue weighted by molar-refractivity contribution is -0.0201. The van der Waals surface area contributed by atoms with Crippen molar-refractivity contribution < 1.29 is 14.6 Å². The molecule has 27 heavy (non-hydrogen) atoms. The molecule has 1 saturated heterocycles. The van der Waals surface area contributed by atoms with E-state index in [4.69, 9.17) is 9.47 Å². The molecule has 1 aliphatic heterocycles. The fourth-order valence-corrected chi connectivity index (χ4v) is 3.36. The van der Waals surface area contributed by atoms with Gasteiger partial charge >= 0.3 is 0 Å². The molecular weight excluding hydrogens is 412 g/mol. The Morgan fingerprint density at radius 2 is 2.11 bits per heavy atom. The third-order valence-electron chi connectivity index (χ3n) is 4.30. The van der Waals surface area contributed by atoms with Crippen LogP contribution < -0.4 is 15.4 Å². The van der Waals surface area contributed by atoms with Crippen molar-refractivity contribution in [2.24, 2.45) is 4.99 Å². The first-order valence-electron chi connectivity index (χ1n) is 9.30. The van der Waals surface area contributed by atoms with E-state index in [2.05, 4.69) is 36.5 Å². The number of β-amino-alcohol motifs (C(OH)–C–C–N with tert-alkyl or cyclic N) is 1. The summed E-state index contributed by atoms with van der Waals surface area (Å²) in [6.07, 6.45) is 0. The average Bonchev–Trinajstić information content (AvgIpc) is 2.64. The third kappa shape index (κ3) is 7.65. The van der Waals surface area contributed by atoms with Crippen LogP contribution in [0.3, 0.4) is 0 Å². The molecule has 0 saturated carbocycles. The van der Waals surface area contributed by atoms with Gasteiger partial charge in [-0.1, -0.05) is 15.9 Å². The quantitative estimate of drug-likeness (QED) is 0.419. The van der Waals surface area contributed by atoms with E-state index in [9.17, 15) is 5.11 Å². The van der Waals surface area contributed by atoms with Crippen molar-refractivity contribution in [3.05, 3.63) is 28.2 Å². The number of rotatable bonds is 8. The number of benzene rings is 1. The lowest BCUT2D eigenvalue weighted by atomic mass is 10.1. The minimum absolute atomic E-state index is 0.409. The van der Waals surface area contributed by atoms with Crippen molar-refractivity contribution in [1.29, 1.82) is 0 Å². The molecule has 0 bridgehead atoms. The van der Waals surface area contributed by atoms with E-state index >= 15 is 0 Å². The van der Waals surface area contributed by atoms with Crippen molar-refractivity contribution >= 4 is 21.9 Å². The van der Waals surface area contributed by atoms with Gasteiger partial charge in [0.15, 0.2) is 5.96 Å². The minimum atomic E-state index is -0.860. The first-order chi connectivity index (χ1) is 12.9. The summed E-state index contributed by atoms with van der Waals surface area (Å²) in [5.41, 5.74) is 0.130. The molecule has 152 valence electrons. The van der Waals surface area contributed by atoms with Crippen molar-refractivity contribution in [3.8, 4) is 5.75 Å². The molecule has 0 aromatic heterocycles. The fraction of sp³-hybridized carbons (Fsp3) is 0.632. The summed E-state index contributed by atoms with van der Waals surface area (Å²) in [6, 6.07) is 5.86. The number of hydrogen-bond acceptors (Lipinski definition) is 5. The second-order valence-corrected chi connectivity index (χ2v) is 7.81. The highest BCUT2D eigenvalue weighted by molar-refractivity contribution is 9.10. The Morgan fingerprint density at radius 1 is 1.37 bits per heavy atom. The number of aliphatic imine (C=N–C) groups is 1. The molecule has 1 atom stereocenters. The number of guanidine groups is 1. The molecule has 1 aromatic carbocycles. The Balaban J connectivity index is 1.95. The molecule has 7 nitrogen and oxygen atoms in total. The van der Waals surface area contributed by atoms with Gasteiger partial charge in [0.05, 0.1) is 32.5 Å². The summed E-state index contributed by atoms with van der Waals surface area (Å²) in [7, 11) is 1.66. The van der Waals surface area contributed by atoms with E-state index in [1.807, 2.05) is 32.0 Å². The molecule has 0 amide bonds. The monoisotopic (exact) mass is 442 g/mol. The smallest absolute Gasteiger partial charge is 0.191 e. The van der Waals surface area contributed by atoms with Gasteiger partial charge < -0.3 is 25.2 Å². The van der Waals surface area contributed by atoms with Crippen LogP contribution in [-0.2, 0) is 11.3 Å². The molecule has 2 rings (SSSR count). The first kappa shape index (κ1) is 21.9. The van der Waals surface area contributed by atoms with Crippen molar-refractivity contribution in [2.75, 3.05) is 53.0 Å². The summed E-state index contributed by atoms with van der Waals surface area (Å²) >= 11 is 3.49. The predicted molar refractivity (Wildman–Crippen MR) is 111 cm³/mol. The number of aliphatic hydroxyl groups is 1. The topological polar surface area (TPSA) is 78.4 Å². The SMILES string of the molecule is CCNC(=NCc1cc(Br)ccc1OC)NCC(C)(O)CN1CCOCC1. The fourth-order valence-electron chi connectivity index (χ4n) is 2.95. The molecule has 1 aliphatic rings. The molecule has 1 aromatic rings. The van der Waals surface area contributed by atoms with Gasteiger partial charge in [-0.05, 0) is 32.0 Å². The van der Waals surface area contributed by atoms with Crippen LogP contribution in [0.4, 0.5) is 0 Å². The molecular formula is C19H31BrN4O3. The molecule has 3 N–H and O–H groups in total. The Labute approximate surface area is 170 Å². The second kappa shape index (κ2) is 10.8. The van der Waals surface area contributed by atoms with E-state index in [0.717, 1.165) is 48.6 Å². The Kier molecular flexibility index (Phi) is 8.82. The van der Waals surface area contributed by atoms with E-state index in [1.165, 1.54) is 0 Å². The number of methoxy groups -OCH3 is 1. The summed E-state index contributed by atoms with van der Waals surface area (Å²) in [4.78, 5) is 6.86. The summed E-state index contributed by atoms with van der Waals surface area (Å²) in [5, 5.41) is 17.2. The average molecular weight is 443 g/mol.